The monoisotopic (exact) mass is 272 g/mol. The third kappa shape index (κ3) is 3.68. The standard InChI is InChI=1S/C13H21ClN2S/c1-3-16-8-4-5-11(9-16)15-10(2)12-6-7-13(14)17-12/h6-7,10-11,15H,3-5,8-9H2,1-2H3. The smallest absolute Gasteiger partial charge is 0.0931 e. The Balaban J connectivity index is 1.87. The number of nitrogens with one attached hydrogen (secondary N) is 1. The molecule has 0 saturated carbocycles. The van der Waals surface area contributed by atoms with Crippen molar-refractivity contribution in [3.05, 3.63) is 21.3 Å². The molecule has 4 heteroatoms. The molecule has 0 spiro atoms. The summed E-state index contributed by atoms with van der Waals surface area (Å²) in [4.78, 5) is 3.86. The minimum atomic E-state index is 0.411. The fraction of sp³-hybridized carbons (Fsp3) is 0.692. The van der Waals surface area contributed by atoms with Crippen molar-refractivity contribution in [1.29, 1.82) is 0 Å². The van der Waals surface area contributed by atoms with E-state index < -0.39 is 0 Å². The van der Waals surface area contributed by atoms with Crippen LogP contribution >= 0.6 is 22.9 Å². The first kappa shape index (κ1) is 13.3. The van der Waals surface area contributed by atoms with Crippen molar-refractivity contribution >= 4 is 22.9 Å². The number of hydrogen-bond donors (Lipinski definition) is 1. The first-order valence-corrected chi connectivity index (χ1v) is 7.62. The van der Waals surface area contributed by atoms with Gasteiger partial charge in [0.1, 0.15) is 0 Å². The summed E-state index contributed by atoms with van der Waals surface area (Å²) in [6.45, 7) is 8.07. The zero-order valence-corrected chi connectivity index (χ0v) is 12.2. The molecule has 17 heavy (non-hydrogen) atoms. The van der Waals surface area contributed by atoms with E-state index in [2.05, 4.69) is 30.1 Å². The van der Waals surface area contributed by atoms with Crippen molar-refractivity contribution < 1.29 is 0 Å². The van der Waals surface area contributed by atoms with Gasteiger partial charge in [-0.1, -0.05) is 18.5 Å². The Kier molecular flexibility index (Phi) is 4.86. The molecule has 1 aliphatic heterocycles. The molecule has 1 N–H and O–H groups in total. The van der Waals surface area contributed by atoms with Crippen LogP contribution < -0.4 is 5.32 Å². The molecule has 2 nitrogen and oxygen atoms in total. The Morgan fingerprint density at radius 1 is 1.59 bits per heavy atom. The van der Waals surface area contributed by atoms with Gasteiger partial charge in [0.05, 0.1) is 4.34 Å². The van der Waals surface area contributed by atoms with Gasteiger partial charge in [0, 0.05) is 23.5 Å². The Hall–Kier alpha value is -0.0900. The van der Waals surface area contributed by atoms with Gasteiger partial charge >= 0.3 is 0 Å². The van der Waals surface area contributed by atoms with E-state index in [9.17, 15) is 0 Å². The maximum atomic E-state index is 5.98. The number of piperidine rings is 1. The maximum absolute atomic E-state index is 5.98. The summed E-state index contributed by atoms with van der Waals surface area (Å²) in [5, 5.41) is 3.72. The van der Waals surface area contributed by atoms with Gasteiger partial charge in [-0.3, -0.25) is 0 Å². The molecule has 1 aromatic heterocycles. The van der Waals surface area contributed by atoms with Crippen LogP contribution in [0.25, 0.3) is 0 Å². The van der Waals surface area contributed by atoms with Crippen LogP contribution in [-0.4, -0.2) is 30.6 Å². The first-order chi connectivity index (χ1) is 8.19. The van der Waals surface area contributed by atoms with Gasteiger partial charge in [0.2, 0.25) is 0 Å². The van der Waals surface area contributed by atoms with Gasteiger partial charge in [-0.2, -0.15) is 0 Å². The second-order valence-electron chi connectivity index (χ2n) is 4.76. The average Bonchev–Trinajstić information content (AvgIpc) is 2.76. The number of likely N-dealkylation sites (tertiary alicyclic amines) is 1. The minimum absolute atomic E-state index is 0.411. The van der Waals surface area contributed by atoms with Gasteiger partial charge in [-0.25, -0.2) is 0 Å². The normalized spacial score (nSPS) is 23.8. The number of rotatable bonds is 4. The molecular formula is C13H21ClN2S. The van der Waals surface area contributed by atoms with Crippen LogP contribution in [0.3, 0.4) is 0 Å². The van der Waals surface area contributed by atoms with E-state index in [1.54, 1.807) is 11.3 Å². The van der Waals surface area contributed by atoms with Crippen LogP contribution in [0.15, 0.2) is 12.1 Å². The van der Waals surface area contributed by atoms with Crippen LogP contribution in [0, 0.1) is 0 Å². The van der Waals surface area contributed by atoms with Gasteiger partial charge in [0.25, 0.3) is 0 Å². The molecule has 0 aliphatic carbocycles. The van der Waals surface area contributed by atoms with Crippen molar-refractivity contribution in [1.82, 2.24) is 10.2 Å². The van der Waals surface area contributed by atoms with Crippen LogP contribution in [0.2, 0.25) is 4.34 Å². The summed E-state index contributed by atoms with van der Waals surface area (Å²) >= 11 is 7.66. The Labute approximate surface area is 113 Å². The van der Waals surface area contributed by atoms with E-state index >= 15 is 0 Å². The maximum Gasteiger partial charge on any atom is 0.0931 e. The molecule has 1 saturated heterocycles. The number of likely N-dealkylation sites (N-methyl/N-ethyl adjacent to an activating group) is 1. The molecule has 0 amide bonds. The van der Waals surface area contributed by atoms with Crippen LogP contribution in [0.4, 0.5) is 0 Å². The van der Waals surface area contributed by atoms with E-state index in [0.29, 0.717) is 12.1 Å². The highest BCUT2D eigenvalue weighted by Gasteiger charge is 2.20. The Bertz CT molecular complexity index is 353. The van der Waals surface area contributed by atoms with Crippen molar-refractivity contribution in [2.24, 2.45) is 0 Å². The molecule has 0 bridgehead atoms. The average molecular weight is 273 g/mol. The lowest BCUT2D eigenvalue weighted by Crippen LogP contribution is -2.46. The molecule has 0 radical (unpaired) electrons. The molecule has 0 aromatic carbocycles. The molecular weight excluding hydrogens is 252 g/mol. The van der Waals surface area contributed by atoms with Crippen LogP contribution in [0.5, 0.6) is 0 Å². The number of halogens is 1. The number of hydrogen-bond acceptors (Lipinski definition) is 3. The van der Waals surface area contributed by atoms with Gasteiger partial charge in [-0.05, 0) is 45.0 Å². The van der Waals surface area contributed by atoms with Crippen molar-refractivity contribution in [2.45, 2.75) is 38.8 Å². The van der Waals surface area contributed by atoms with E-state index in [1.807, 2.05) is 6.07 Å². The zero-order chi connectivity index (χ0) is 12.3. The van der Waals surface area contributed by atoms with Gasteiger partial charge < -0.3 is 10.2 Å². The van der Waals surface area contributed by atoms with Crippen molar-refractivity contribution in [3.8, 4) is 0 Å². The largest absolute Gasteiger partial charge is 0.305 e. The first-order valence-electron chi connectivity index (χ1n) is 6.42. The summed E-state index contributed by atoms with van der Waals surface area (Å²) in [6, 6.07) is 5.15. The molecule has 1 aromatic rings. The third-order valence-corrected chi connectivity index (χ3v) is 4.87. The lowest BCUT2D eigenvalue weighted by atomic mass is 10.0. The van der Waals surface area contributed by atoms with Crippen molar-refractivity contribution in [2.75, 3.05) is 19.6 Å². The highest BCUT2D eigenvalue weighted by molar-refractivity contribution is 7.16. The second-order valence-corrected chi connectivity index (χ2v) is 6.51. The lowest BCUT2D eigenvalue weighted by molar-refractivity contribution is 0.192. The van der Waals surface area contributed by atoms with Crippen LogP contribution in [0.1, 0.15) is 37.6 Å². The summed E-state index contributed by atoms with van der Waals surface area (Å²) in [5.41, 5.74) is 0. The predicted molar refractivity (Wildman–Crippen MR) is 76.0 cm³/mol. The Morgan fingerprint density at radius 2 is 2.41 bits per heavy atom. The molecule has 1 aliphatic rings. The van der Waals surface area contributed by atoms with E-state index in [4.69, 9.17) is 11.6 Å². The molecule has 2 unspecified atom stereocenters. The number of nitrogens with zero attached hydrogens (tertiary/aromatic N) is 1. The van der Waals surface area contributed by atoms with Gasteiger partial charge in [0.15, 0.2) is 0 Å². The van der Waals surface area contributed by atoms with Crippen LogP contribution in [-0.2, 0) is 0 Å². The topological polar surface area (TPSA) is 15.3 Å². The highest BCUT2D eigenvalue weighted by atomic mass is 35.5. The number of thiophene rings is 1. The summed E-state index contributed by atoms with van der Waals surface area (Å²) in [7, 11) is 0. The predicted octanol–water partition coefficient (Wildman–Crippen LogP) is 3.54. The molecule has 2 rings (SSSR count). The van der Waals surface area contributed by atoms with E-state index in [-0.39, 0.29) is 0 Å². The summed E-state index contributed by atoms with van der Waals surface area (Å²) in [6.07, 6.45) is 2.60. The SMILES string of the molecule is CCN1CCCC(NC(C)c2ccc(Cl)s2)C1. The fourth-order valence-electron chi connectivity index (χ4n) is 2.48. The fourth-order valence-corrected chi connectivity index (χ4v) is 3.55. The minimum Gasteiger partial charge on any atom is -0.305 e. The molecule has 1 fully saturated rings. The summed E-state index contributed by atoms with van der Waals surface area (Å²) in [5.74, 6) is 0. The second kappa shape index (κ2) is 6.19. The quantitative estimate of drug-likeness (QED) is 0.902. The summed E-state index contributed by atoms with van der Waals surface area (Å²) < 4.78 is 0.882. The lowest BCUT2D eigenvalue weighted by Gasteiger charge is -2.33. The van der Waals surface area contributed by atoms with Crippen molar-refractivity contribution in [3.63, 3.8) is 0 Å². The Morgan fingerprint density at radius 3 is 3.06 bits per heavy atom. The molecule has 96 valence electrons. The molecule has 2 atom stereocenters. The van der Waals surface area contributed by atoms with Gasteiger partial charge in [-0.15, -0.1) is 11.3 Å². The zero-order valence-electron chi connectivity index (χ0n) is 10.6. The van der Waals surface area contributed by atoms with E-state index in [0.717, 1.165) is 10.9 Å². The molecule has 2 heterocycles. The van der Waals surface area contributed by atoms with E-state index in [1.165, 1.54) is 30.8 Å². The highest BCUT2D eigenvalue weighted by Crippen LogP contribution is 2.27. The third-order valence-electron chi connectivity index (χ3n) is 3.46.